The summed E-state index contributed by atoms with van der Waals surface area (Å²) < 4.78 is 72.3. The first kappa shape index (κ1) is 57.4. The van der Waals surface area contributed by atoms with E-state index in [9.17, 15) is 97.0 Å². The van der Waals surface area contributed by atoms with E-state index in [1.54, 1.807) is 0 Å². The molecular weight excluding hydrogens is 980 g/mol. The zero-order chi connectivity index (χ0) is 51.9. The zero-order valence-electron chi connectivity index (χ0n) is 37.5. The average molecular weight is 1050 g/mol. The third-order valence-corrected chi connectivity index (χ3v) is 13.4. The second-order valence-electron chi connectivity index (χ2n) is 18.2. The molecule has 7 rings (SSSR count). The van der Waals surface area contributed by atoms with Crippen molar-refractivity contribution in [3.63, 3.8) is 0 Å². The number of rotatable bonds is 18. The Labute approximate surface area is 401 Å². The summed E-state index contributed by atoms with van der Waals surface area (Å²) in [5.74, 6) is 0. The van der Waals surface area contributed by atoms with Gasteiger partial charge >= 0.3 is 0 Å². The fraction of sp³-hybridized carbons (Fsp3) is 1.00. The molecule has 0 radical (unpaired) electrons. The summed E-state index contributed by atoms with van der Waals surface area (Å²) in [6.45, 7) is -3.19. The third kappa shape index (κ3) is 12.0. The van der Waals surface area contributed by atoms with Crippen molar-refractivity contribution >= 4 is 0 Å². The second-order valence-corrected chi connectivity index (χ2v) is 18.2. The first-order valence-electron chi connectivity index (χ1n) is 22.7. The second kappa shape index (κ2) is 24.4. The lowest BCUT2D eigenvalue weighted by molar-refractivity contribution is -0.380. The molecule has 7 saturated heterocycles. The topological polar surface area (TPSA) is 504 Å². The highest BCUT2D eigenvalue weighted by Gasteiger charge is 2.56. The van der Waals surface area contributed by atoms with Gasteiger partial charge in [0.2, 0.25) is 0 Å². The lowest BCUT2D eigenvalue weighted by Crippen LogP contribution is -2.66. The van der Waals surface area contributed by atoms with E-state index >= 15 is 0 Å². The van der Waals surface area contributed by atoms with Crippen LogP contribution in [0.4, 0.5) is 0 Å². The summed E-state index contributed by atoms with van der Waals surface area (Å²) in [5.41, 5.74) is 0. The highest BCUT2D eigenvalue weighted by atomic mass is 16.8. The molecule has 414 valence electrons. The molecule has 0 aromatic carbocycles. The molecule has 71 heavy (non-hydrogen) atoms. The predicted octanol–water partition coefficient (Wildman–Crippen LogP) is -13.3. The summed E-state index contributed by atoms with van der Waals surface area (Å²) in [5, 5.41) is 198. The summed E-state index contributed by atoms with van der Waals surface area (Å²) >= 11 is 0. The number of hydrogen-bond acceptors (Lipinski definition) is 32. The molecule has 0 aromatic heterocycles. The van der Waals surface area contributed by atoms with E-state index in [0.717, 1.165) is 0 Å². The van der Waals surface area contributed by atoms with Crippen LogP contribution in [0.25, 0.3) is 0 Å². The molecule has 0 bridgehead atoms. The van der Waals surface area contributed by atoms with Crippen molar-refractivity contribution in [2.75, 3.05) is 39.6 Å². The van der Waals surface area contributed by atoms with E-state index in [-0.39, 0.29) is 0 Å². The van der Waals surface area contributed by atoms with Gasteiger partial charge in [0, 0.05) is 0 Å². The van der Waals surface area contributed by atoms with Crippen LogP contribution in [0, 0.1) is 0 Å². The maximum absolute atomic E-state index is 11.2. The van der Waals surface area contributed by atoms with Crippen LogP contribution in [0.5, 0.6) is 0 Å². The summed E-state index contributed by atoms with van der Waals surface area (Å²) in [6.07, 6.45) is -54.3. The van der Waals surface area contributed by atoms with Gasteiger partial charge in [-0.3, -0.25) is 0 Å². The third-order valence-electron chi connectivity index (χ3n) is 13.4. The minimum Gasteiger partial charge on any atom is -0.394 e. The van der Waals surface area contributed by atoms with Crippen LogP contribution in [0.1, 0.15) is 6.92 Å². The summed E-state index contributed by atoms with van der Waals surface area (Å²) in [6, 6.07) is 0. The first-order valence-corrected chi connectivity index (χ1v) is 22.7. The van der Waals surface area contributed by atoms with Gasteiger partial charge in [0.05, 0.1) is 45.7 Å². The minimum atomic E-state index is -2.07. The van der Waals surface area contributed by atoms with Crippen LogP contribution in [0.2, 0.25) is 0 Å². The molecule has 7 aliphatic rings. The van der Waals surface area contributed by atoms with Gasteiger partial charge in [-0.15, -0.1) is 0 Å². The van der Waals surface area contributed by atoms with Crippen molar-refractivity contribution in [2.45, 2.75) is 204 Å². The molecule has 0 amide bonds. The molecule has 19 N–H and O–H groups in total. The Kier molecular flexibility index (Phi) is 19.7. The SMILES string of the molecule is C[C@H]1O[C@@H](O[C@@H]2[C@@H](O)[C@H](OC[C@@H]3OC(O)[C@H](O)[C@H]3O)O[C@H]2CO[C@@H]2O[C@@H](CO[C@H]3O[C@H](CO)[C@@H](O[C@H]4O[C@H](CO)[C@@H](O[C@@H]5O[C@H](CO)[C@H](O)[C@H](O)[C@H]5O)[C@H](O)[C@H]4O)[C@H](O)[C@H]3O)[C@H](O)[C@H]2O)[C@H](O)[C@@H](O)[C@H]1O. The minimum absolute atomic E-state index is 0.549. The zero-order valence-corrected chi connectivity index (χ0v) is 37.5. The molecule has 1 unspecified atom stereocenters. The molecule has 32 atom stereocenters. The van der Waals surface area contributed by atoms with Crippen LogP contribution in [0.15, 0.2) is 0 Å². The summed E-state index contributed by atoms with van der Waals surface area (Å²) in [4.78, 5) is 0. The van der Waals surface area contributed by atoms with E-state index in [1.165, 1.54) is 6.92 Å². The van der Waals surface area contributed by atoms with Crippen LogP contribution in [-0.4, -0.2) is 333 Å². The highest BCUT2D eigenvalue weighted by molar-refractivity contribution is 4.98. The van der Waals surface area contributed by atoms with Crippen LogP contribution < -0.4 is 0 Å². The normalized spacial score (nSPS) is 53.9. The smallest absolute Gasteiger partial charge is 0.187 e. The van der Waals surface area contributed by atoms with Gasteiger partial charge in [0.1, 0.15) is 146 Å². The molecule has 32 nitrogen and oxygen atoms in total. The standard InChI is InChI=1S/C39H66O32/c1-8-15(43)19(47)25(53)37(62-8)71-32-14(68-36(29(32)57)60-5-12-17(45)23(51)33(58)63-12)7-61-34-24(52)18(46)13(67-34)6-59-35-27(55)21(49)30(10(3-41)65-35)70-39-28(56)22(50)31(11(4-42)66-39)69-38-26(54)20(48)16(44)9(2-40)64-38/h8-58H,2-7H2,1H3/t8-,9-,10-,11-,12+,13+,14+,15+,16+,17+,18+,19+,20+,21-,22-,23-,24-,25-,26-,27-,28-,29-,30-,31-,32+,33?,34-,35+,36-,37+,38+,39-/m1/s1. The molecule has 7 heterocycles. The maximum Gasteiger partial charge on any atom is 0.187 e. The molecular formula is C39H66O32. The largest absolute Gasteiger partial charge is 0.394 e. The molecule has 7 fully saturated rings. The Bertz CT molecular complexity index is 1640. The van der Waals surface area contributed by atoms with E-state index in [2.05, 4.69) is 0 Å². The molecule has 0 saturated carbocycles. The van der Waals surface area contributed by atoms with Crippen LogP contribution in [-0.2, 0) is 61.6 Å². The van der Waals surface area contributed by atoms with Crippen molar-refractivity contribution in [1.82, 2.24) is 0 Å². The predicted molar refractivity (Wildman–Crippen MR) is 212 cm³/mol. The van der Waals surface area contributed by atoms with Crippen molar-refractivity contribution in [3.8, 4) is 0 Å². The van der Waals surface area contributed by atoms with Crippen molar-refractivity contribution in [2.24, 2.45) is 0 Å². The molecule has 0 aromatic rings. The van der Waals surface area contributed by atoms with Gasteiger partial charge in [-0.2, -0.15) is 0 Å². The highest BCUT2D eigenvalue weighted by Crippen LogP contribution is 2.35. The molecule has 32 heteroatoms. The Balaban J connectivity index is 0.931. The van der Waals surface area contributed by atoms with Crippen LogP contribution >= 0.6 is 0 Å². The van der Waals surface area contributed by atoms with Crippen molar-refractivity contribution < 1.29 is 159 Å². The maximum atomic E-state index is 11.2. The fourth-order valence-electron chi connectivity index (χ4n) is 9.03. The van der Waals surface area contributed by atoms with Gasteiger partial charge in [0.15, 0.2) is 44.0 Å². The van der Waals surface area contributed by atoms with E-state index in [0.29, 0.717) is 0 Å². The Morgan fingerprint density at radius 1 is 0.282 bits per heavy atom. The average Bonchev–Trinajstić information content (AvgIpc) is 3.90. The van der Waals surface area contributed by atoms with E-state index in [4.69, 9.17) is 61.6 Å². The molecule has 7 aliphatic heterocycles. The lowest BCUT2D eigenvalue weighted by Gasteiger charge is -2.48. The lowest BCUT2D eigenvalue weighted by atomic mass is 9.96. The van der Waals surface area contributed by atoms with Gasteiger partial charge in [0.25, 0.3) is 0 Å². The fourth-order valence-corrected chi connectivity index (χ4v) is 9.03. The van der Waals surface area contributed by atoms with E-state index < -0.39 is 236 Å². The first-order chi connectivity index (χ1) is 33.6. The van der Waals surface area contributed by atoms with E-state index in [1.807, 2.05) is 0 Å². The Hall–Kier alpha value is -1.28. The van der Waals surface area contributed by atoms with Crippen molar-refractivity contribution in [3.05, 3.63) is 0 Å². The summed E-state index contributed by atoms with van der Waals surface area (Å²) in [7, 11) is 0. The number of aliphatic hydroxyl groups excluding tert-OH is 19. The quantitative estimate of drug-likeness (QED) is 0.0606. The van der Waals surface area contributed by atoms with Crippen LogP contribution in [0.3, 0.4) is 0 Å². The Morgan fingerprint density at radius 2 is 0.606 bits per heavy atom. The number of hydrogen-bond donors (Lipinski definition) is 19. The van der Waals surface area contributed by atoms with Gasteiger partial charge in [-0.1, -0.05) is 0 Å². The van der Waals surface area contributed by atoms with Gasteiger partial charge < -0.3 is 159 Å². The Morgan fingerprint density at radius 3 is 1.10 bits per heavy atom. The molecule has 0 aliphatic carbocycles. The molecule has 0 spiro atoms. The number of aliphatic hydroxyl groups is 19. The van der Waals surface area contributed by atoms with Gasteiger partial charge in [-0.25, -0.2) is 0 Å². The van der Waals surface area contributed by atoms with Gasteiger partial charge in [-0.05, 0) is 6.92 Å². The number of ether oxygens (including phenoxy) is 13. The monoisotopic (exact) mass is 1050 g/mol. The van der Waals surface area contributed by atoms with Crippen molar-refractivity contribution in [1.29, 1.82) is 0 Å².